The van der Waals surface area contributed by atoms with Gasteiger partial charge in [-0.2, -0.15) is 4.98 Å². The third-order valence-corrected chi connectivity index (χ3v) is 5.11. The molecule has 138 valence electrons. The van der Waals surface area contributed by atoms with Crippen molar-refractivity contribution in [3.63, 3.8) is 0 Å². The topological polar surface area (TPSA) is 62.3 Å². The quantitative estimate of drug-likeness (QED) is 0.825. The van der Waals surface area contributed by atoms with E-state index < -0.39 is 0 Å². The standard InChI is InChI=1S/C20H27N5O/c1-3-5-15-13-18(25-11-4-6-19(25)26-2)24-20(22-15)23-16-8-7-14-9-10-21-17(14)12-16/h7-8,12-13,19,21H,3-6,9-11H2,1-2H3,(H,22,23,24)/t19-/m0/s1. The van der Waals surface area contributed by atoms with Gasteiger partial charge in [0.25, 0.3) is 0 Å². The predicted molar refractivity (Wildman–Crippen MR) is 105 cm³/mol. The van der Waals surface area contributed by atoms with Gasteiger partial charge < -0.3 is 20.3 Å². The Morgan fingerprint density at radius 3 is 3.08 bits per heavy atom. The van der Waals surface area contributed by atoms with Crippen molar-refractivity contribution in [3.05, 3.63) is 35.5 Å². The number of nitrogens with zero attached hydrogens (tertiary/aromatic N) is 3. The number of rotatable bonds is 6. The van der Waals surface area contributed by atoms with E-state index in [-0.39, 0.29) is 6.23 Å². The zero-order chi connectivity index (χ0) is 17.9. The van der Waals surface area contributed by atoms with Crippen LogP contribution in [0.1, 0.15) is 37.4 Å². The molecule has 3 heterocycles. The average molecular weight is 353 g/mol. The molecule has 0 amide bonds. The second-order valence-electron chi connectivity index (χ2n) is 6.99. The fourth-order valence-electron chi connectivity index (χ4n) is 3.81. The smallest absolute Gasteiger partial charge is 0.229 e. The molecule has 0 aliphatic carbocycles. The molecule has 0 spiro atoms. The van der Waals surface area contributed by atoms with Crippen LogP contribution in [0.15, 0.2) is 24.3 Å². The number of nitrogens with one attached hydrogen (secondary N) is 2. The number of fused-ring (bicyclic) bond motifs is 1. The molecule has 2 aliphatic rings. The van der Waals surface area contributed by atoms with E-state index in [9.17, 15) is 0 Å². The second kappa shape index (κ2) is 7.50. The molecule has 4 rings (SSSR count). The van der Waals surface area contributed by atoms with Crippen molar-refractivity contribution in [3.8, 4) is 0 Å². The lowest BCUT2D eigenvalue weighted by atomic mass is 10.1. The lowest BCUT2D eigenvalue weighted by Crippen LogP contribution is -2.31. The van der Waals surface area contributed by atoms with Crippen LogP contribution in [0.25, 0.3) is 0 Å². The first-order valence-electron chi connectivity index (χ1n) is 9.58. The highest BCUT2D eigenvalue weighted by atomic mass is 16.5. The van der Waals surface area contributed by atoms with Gasteiger partial charge in [0.1, 0.15) is 12.0 Å². The largest absolute Gasteiger partial charge is 0.384 e. The molecular weight excluding hydrogens is 326 g/mol. The Labute approximate surface area is 155 Å². The summed E-state index contributed by atoms with van der Waals surface area (Å²) in [6, 6.07) is 8.53. The van der Waals surface area contributed by atoms with Crippen LogP contribution in [0.3, 0.4) is 0 Å². The lowest BCUT2D eigenvalue weighted by Gasteiger charge is -2.25. The monoisotopic (exact) mass is 353 g/mol. The van der Waals surface area contributed by atoms with Crippen LogP contribution in [-0.2, 0) is 17.6 Å². The Morgan fingerprint density at radius 2 is 2.23 bits per heavy atom. The molecule has 0 unspecified atom stereocenters. The summed E-state index contributed by atoms with van der Waals surface area (Å²) in [6.45, 7) is 4.16. The summed E-state index contributed by atoms with van der Waals surface area (Å²) in [6.07, 6.45) is 5.38. The van der Waals surface area contributed by atoms with E-state index >= 15 is 0 Å². The second-order valence-corrected chi connectivity index (χ2v) is 6.99. The minimum absolute atomic E-state index is 0.108. The van der Waals surface area contributed by atoms with Crippen LogP contribution in [-0.4, -0.2) is 36.4 Å². The van der Waals surface area contributed by atoms with Gasteiger partial charge >= 0.3 is 0 Å². The lowest BCUT2D eigenvalue weighted by molar-refractivity contribution is 0.111. The molecule has 0 bridgehead atoms. The number of hydrogen-bond donors (Lipinski definition) is 2. The average Bonchev–Trinajstić information content (AvgIpc) is 3.30. The SMILES string of the molecule is CCCc1cc(N2CCC[C@@H]2OC)nc(Nc2ccc3c(c2)NCC3)n1. The number of methoxy groups -OCH3 is 1. The van der Waals surface area contributed by atoms with Gasteiger partial charge in [0, 0.05) is 43.3 Å². The van der Waals surface area contributed by atoms with Crippen molar-refractivity contribution in [1.29, 1.82) is 0 Å². The van der Waals surface area contributed by atoms with Gasteiger partial charge in [-0.1, -0.05) is 19.4 Å². The number of anilines is 4. The van der Waals surface area contributed by atoms with E-state index in [1.165, 1.54) is 11.3 Å². The summed E-state index contributed by atoms with van der Waals surface area (Å²) >= 11 is 0. The highest BCUT2D eigenvalue weighted by Crippen LogP contribution is 2.29. The molecule has 1 atom stereocenters. The summed E-state index contributed by atoms with van der Waals surface area (Å²) in [5.41, 5.74) is 4.67. The maximum absolute atomic E-state index is 5.62. The molecule has 0 radical (unpaired) electrons. The van der Waals surface area contributed by atoms with Crippen molar-refractivity contribution >= 4 is 23.1 Å². The van der Waals surface area contributed by atoms with Crippen LogP contribution in [0, 0.1) is 0 Å². The van der Waals surface area contributed by atoms with Crippen molar-refractivity contribution in [2.24, 2.45) is 0 Å². The minimum Gasteiger partial charge on any atom is -0.384 e. The predicted octanol–water partition coefficient (Wildman–Crippen LogP) is 3.71. The first-order chi connectivity index (χ1) is 12.8. The van der Waals surface area contributed by atoms with E-state index in [2.05, 4.69) is 46.7 Å². The Balaban J connectivity index is 1.62. The summed E-state index contributed by atoms with van der Waals surface area (Å²) in [7, 11) is 1.77. The van der Waals surface area contributed by atoms with E-state index in [1.807, 2.05) is 0 Å². The third-order valence-electron chi connectivity index (χ3n) is 5.11. The molecule has 1 aromatic carbocycles. The zero-order valence-electron chi connectivity index (χ0n) is 15.6. The zero-order valence-corrected chi connectivity index (χ0v) is 15.6. The van der Waals surface area contributed by atoms with Crippen molar-refractivity contribution in [2.75, 3.05) is 35.7 Å². The molecule has 6 nitrogen and oxygen atoms in total. The first kappa shape index (κ1) is 17.1. The van der Waals surface area contributed by atoms with Gasteiger partial charge in [0.15, 0.2) is 0 Å². The van der Waals surface area contributed by atoms with E-state index in [1.54, 1.807) is 7.11 Å². The molecule has 2 aliphatic heterocycles. The van der Waals surface area contributed by atoms with E-state index in [4.69, 9.17) is 14.7 Å². The normalized spacial score (nSPS) is 18.7. The van der Waals surface area contributed by atoms with Gasteiger partial charge in [-0.25, -0.2) is 4.98 Å². The highest BCUT2D eigenvalue weighted by molar-refractivity contribution is 5.67. The molecule has 2 N–H and O–H groups in total. The van der Waals surface area contributed by atoms with Crippen LogP contribution in [0.5, 0.6) is 0 Å². The number of benzene rings is 1. The molecule has 26 heavy (non-hydrogen) atoms. The minimum atomic E-state index is 0.108. The Hall–Kier alpha value is -2.34. The maximum Gasteiger partial charge on any atom is 0.229 e. The van der Waals surface area contributed by atoms with Crippen LogP contribution >= 0.6 is 0 Å². The van der Waals surface area contributed by atoms with Gasteiger partial charge in [-0.15, -0.1) is 0 Å². The van der Waals surface area contributed by atoms with Gasteiger partial charge in [0.2, 0.25) is 5.95 Å². The summed E-state index contributed by atoms with van der Waals surface area (Å²) in [5, 5.41) is 6.82. The number of ether oxygens (including phenoxy) is 1. The van der Waals surface area contributed by atoms with Gasteiger partial charge in [0.05, 0.1) is 0 Å². The molecule has 0 saturated carbocycles. The van der Waals surface area contributed by atoms with Crippen LogP contribution in [0.4, 0.5) is 23.1 Å². The van der Waals surface area contributed by atoms with Crippen LogP contribution < -0.4 is 15.5 Å². The molecule has 1 aromatic heterocycles. The number of aromatic nitrogens is 2. The Kier molecular flexibility index (Phi) is 4.93. The van der Waals surface area contributed by atoms with Crippen LogP contribution in [0.2, 0.25) is 0 Å². The highest BCUT2D eigenvalue weighted by Gasteiger charge is 2.26. The van der Waals surface area contributed by atoms with E-state index in [0.717, 1.165) is 62.4 Å². The van der Waals surface area contributed by atoms with Crippen molar-refractivity contribution in [1.82, 2.24) is 9.97 Å². The Bertz CT molecular complexity index is 779. The summed E-state index contributed by atoms with van der Waals surface area (Å²) < 4.78 is 5.62. The molecule has 1 saturated heterocycles. The Morgan fingerprint density at radius 1 is 1.31 bits per heavy atom. The fourth-order valence-corrected chi connectivity index (χ4v) is 3.81. The summed E-state index contributed by atoms with van der Waals surface area (Å²) in [4.78, 5) is 11.8. The fraction of sp³-hybridized carbons (Fsp3) is 0.500. The van der Waals surface area contributed by atoms with Gasteiger partial charge in [-0.05, 0) is 43.4 Å². The molecule has 6 heteroatoms. The molecule has 1 fully saturated rings. The van der Waals surface area contributed by atoms with Gasteiger partial charge in [-0.3, -0.25) is 0 Å². The molecular formula is C20H27N5O. The summed E-state index contributed by atoms with van der Waals surface area (Å²) in [5.74, 6) is 1.61. The maximum atomic E-state index is 5.62. The van der Waals surface area contributed by atoms with Crippen molar-refractivity contribution in [2.45, 2.75) is 45.3 Å². The van der Waals surface area contributed by atoms with E-state index in [0.29, 0.717) is 5.95 Å². The first-order valence-corrected chi connectivity index (χ1v) is 9.58. The number of aryl methyl sites for hydroxylation is 1. The molecule has 2 aromatic rings. The van der Waals surface area contributed by atoms with Crippen molar-refractivity contribution < 1.29 is 4.74 Å². The third kappa shape index (κ3) is 3.46. The number of hydrogen-bond acceptors (Lipinski definition) is 6.